The van der Waals surface area contributed by atoms with E-state index < -0.39 is 6.10 Å². The lowest BCUT2D eigenvalue weighted by atomic mass is 9.99. The van der Waals surface area contributed by atoms with Crippen molar-refractivity contribution < 1.29 is 9.52 Å². The van der Waals surface area contributed by atoms with Crippen molar-refractivity contribution in [3.8, 4) is 0 Å². The summed E-state index contributed by atoms with van der Waals surface area (Å²) in [5.41, 5.74) is 6.23. The number of aromatic amines is 1. The van der Waals surface area contributed by atoms with E-state index in [-0.39, 0.29) is 0 Å². The third-order valence-electron chi connectivity index (χ3n) is 4.02. The van der Waals surface area contributed by atoms with Crippen LogP contribution < -0.4 is 0 Å². The molecular weight excluding hydrogens is 226 g/mol. The van der Waals surface area contributed by atoms with Gasteiger partial charge in [-0.2, -0.15) is 0 Å². The molecule has 2 aromatic rings. The zero-order valence-corrected chi connectivity index (χ0v) is 11.9. The van der Waals surface area contributed by atoms with Crippen molar-refractivity contribution in [2.45, 2.75) is 47.6 Å². The highest BCUT2D eigenvalue weighted by molar-refractivity contribution is 5.43. The standard InChI is InChI=1S/C15H21NO2/c1-7-8(2)14(16-10(7)4)15(17)13-9(3)11(5)18-12(13)6/h15-17H,1-6H3. The van der Waals surface area contributed by atoms with Crippen molar-refractivity contribution in [1.82, 2.24) is 4.98 Å². The molecule has 0 aromatic carbocycles. The van der Waals surface area contributed by atoms with Crippen molar-refractivity contribution >= 4 is 0 Å². The van der Waals surface area contributed by atoms with Gasteiger partial charge in [-0.3, -0.25) is 0 Å². The Morgan fingerprint density at radius 1 is 0.889 bits per heavy atom. The maximum Gasteiger partial charge on any atom is 0.123 e. The van der Waals surface area contributed by atoms with Gasteiger partial charge in [-0.1, -0.05) is 0 Å². The van der Waals surface area contributed by atoms with Gasteiger partial charge in [0, 0.05) is 11.3 Å². The van der Waals surface area contributed by atoms with E-state index in [0.717, 1.165) is 39.6 Å². The van der Waals surface area contributed by atoms with Gasteiger partial charge in [-0.25, -0.2) is 0 Å². The van der Waals surface area contributed by atoms with Gasteiger partial charge in [0.25, 0.3) is 0 Å². The summed E-state index contributed by atoms with van der Waals surface area (Å²) in [4.78, 5) is 3.28. The normalized spacial score (nSPS) is 13.1. The minimum atomic E-state index is -0.644. The number of aryl methyl sites for hydroxylation is 3. The molecule has 3 heteroatoms. The zero-order chi connectivity index (χ0) is 13.6. The summed E-state index contributed by atoms with van der Waals surface area (Å²) < 4.78 is 5.59. The Hall–Kier alpha value is -1.48. The Labute approximate surface area is 108 Å². The fourth-order valence-electron chi connectivity index (χ4n) is 2.50. The lowest BCUT2D eigenvalue weighted by Crippen LogP contribution is -2.04. The van der Waals surface area contributed by atoms with E-state index in [9.17, 15) is 5.11 Å². The smallest absolute Gasteiger partial charge is 0.123 e. The second-order valence-corrected chi connectivity index (χ2v) is 5.07. The first-order chi connectivity index (χ1) is 8.34. The summed E-state index contributed by atoms with van der Waals surface area (Å²) in [6, 6.07) is 0. The van der Waals surface area contributed by atoms with Crippen LogP contribution in [0.4, 0.5) is 0 Å². The quantitative estimate of drug-likeness (QED) is 0.852. The summed E-state index contributed by atoms with van der Waals surface area (Å²) in [5, 5.41) is 10.6. The SMILES string of the molecule is Cc1[nH]c(C(O)c2c(C)oc(C)c2C)c(C)c1C. The first kappa shape index (κ1) is 13.0. The molecule has 0 aliphatic rings. The third kappa shape index (κ3) is 1.79. The number of furan rings is 1. The topological polar surface area (TPSA) is 49.2 Å². The highest BCUT2D eigenvalue weighted by Gasteiger charge is 2.24. The lowest BCUT2D eigenvalue weighted by molar-refractivity contribution is 0.212. The molecule has 2 aromatic heterocycles. The number of hydrogen-bond acceptors (Lipinski definition) is 2. The van der Waals surface area contributed by atoms with Gasteiger partial charge in [-0.15, -0.1) is 0 Å². The van der Waals surface area contributed by atoms with Crippen LogP contribution in [-0.4, -0.2) is 10.1 Å². The molecule has 98 valence electrons. The third-order valence-corrected chi connectivity index (χ3v) is 4.02. The van der Waals surface area contributed by atoms with Crippen molar-refractivity contribution in [3.63, 3.8) is 0 Å². The van der Waals surface area contributed by atoms with Gasteiger partial charge < -0.3 is 14.5 Å². The number of aliphatic hydroxyl groups is 1. The van der Waals surface area contributed by atoms with Crippen molar-refractivity contribution in [2.75, 3.05) is 0 Å². The number of H-pyrrole nitrogens is 1. The van der Waals surface area contributed by atoms with Crippen LogP contribution in [-0.2, 0) is 0 Å². The highest BCUT2D eigenvalue weighted by atomic mass is 16.3. The first-order valence-electron chi connectivity index (χ1n) is 6.24. The van der Waals surface area contributed by atoms with Crippen LogP contribution in [0.15, 0.2) is 4.42 Å². The van der Waals surface area contributed by atoms with Crippen LogP contribution in [0.5, 0.6) is 0 Å². The first-order valence-corrected chi connectivity index (χ1v) is 6.24. The Morgan fingerprint density at radius 2 is 1.50 bits per heavy atom. The number of rotatable bonds is 2. The summed E-state index contributed by atoms with van der Waals surface area (Å²) in [7, 11) is 0. The van der Waals surface area contributed by atoms with Gasteiger partial charge in [0.2, 0.25) is 0 Å². The van der Waals surface area contributed by atoms with Gasteiger partial charge in [-0.05, 0) is 58.2 Å². The fraction of sp³-hybridized carbons (Fsp3) is 0.467. The number of aliphatic hydroxyl groups excluding tert-OH is 1. The molecule has 0 saturated carbocycles. The Kier molecular flexibility index (Phi) is 3.11. The molecule has 0 saturated heterocycles. The maximum absolute atomic E-state index is 10.6. The minimum Gasteiger partial charge on any atom is -0.466 e. The molecule has 2 heterocycles. The molecule has 1 unspecified atom stereocenters. The van der Waals surface area contributed by atoms with E-state index >= 15 is 0 Å². The van der Waals surface area contributed by atoms with Crippen LogP contribution >= 0.6 is 0 Å². The monoisotopic (exact) mass is 247 g/mol. The van der Waals surface area contributed by atoms with Crippen LogP contribution in [0.25, 0.3) is 0 Å². The molecule has 2 rings (SSSR count). The Balaban J connectivity index is 2.54. The van der Waals surface area contributed by atoms with E-state index in [0.29, 0.717) is 0 Å². The van der Waals surface area contributed by atoms with Gasteiger partial charge in [0.15, 0.2) is 0 Å². The summed E-state index contributed by atoms with van der Waals surface area (Å²) in [6.07, 6.45) is -0.644. The van der Waals surface area contributed by atoms with Gasteiger partial charge in [0.05, 0.1) is 5.69 Å². The molecule has 3 nitrogen and oxygen atoms in total. The molecular formula is C15H21NO2. The van der Waals surface area contributed by atoms with Crippen molar-refractivity contribution in [2.24, 2.45) is 0 Å². The molecule has 0 spiro atoms. The predicted octanol–water partition coefficient (Wildman–Crippen LogP) is 3.54. The second kappa shape index (κ2) is 4.32. The van der Waals surface area contributed by atoms with Crippen LogP contribution in [0, 0.1) is 41.5 Å². The van der Waals surface area contributed by atoms with E-state index in [1.165, 1.54) is 5.56 Å². The van der Waals surface area contributed by atoms with Crippen LogP contribution in [0.2, 0.25) is 0 Å². The van der Waals surface area contributed by atoms with Gasteiger partial charge in [0.1, 0.15) is 17.6 Å². The largest absolute Gasteiger partial charge is 0.466 e. The molecule has 1 atom stereocenters. The molecule has 0 amide bonds. The average molecular weight is 247 g/mol. The van der Waals surface area contributed by atoms with Crippen LogP contribution in [0.1, 0.15) is 51.3 Å². The highest BCUT2D eigenvalue weighted by Crippen LogP contribution is 2.33. The number of nitrogens with one attached hydrogen (secondary N) is 1. The Bertz CT molecular complexity index is 590. The lowest BCUT2D eigenvalue weighted by Gasteiger charge is -2.11. The van der Waals surface area contributed by atoms with E-state index in [1.807, 2.05) is 34.6 Å². The second-order valence-electron chi connectivity index (χ2n) is 5.07. The van der Waals surface area contributed by atoms with Crippen molar-refractivity contribution in [3.05, 3.63) is 45.2 Å². The number of hydrogen-bond donors (Lipinski definition) is 2. The molecule has 0 aliphatic carbocycles. The zero-order valence-electron chi connectivity index (χ0n) is 11.9. The minimum absolute atomic E-state index is 0.644. The summed E-state index contributed by atoms with van der Waals surface area (Å²) in [6.45, 7) is 11.9. The maximum atomic E-state index is 10.6. The van der Waals surface area contributed by atoms with Crippen molar-refractivity contribution in [1.29, 1.82) is 0 Å². The fourth-order valence-corrected chi connectivity index (χ4v) is 2.50. The Morgan fingerprint density at radius 3 is 1.89 bits per heavy atom. The van der Waals surface area contributed by atoms with Gasteiger partial charge >= 0.3 is 0 Å². The van der Waals surface area contributed by atoms with E-state index in [1.54, 1.807) is 0 Å². The summed E-state index contributed by atoms with van der Waals surface area (Å²) in [5.74, 6) is 1.67. The molecule has 0 bridgehead atoms. The van der Waals surface area contributed by atoms with E-state index in [2.05, 4.69) is 11.9 Å². The molecule has 0 fully saturated rings. The summed E-state index contributed by atoms with van der Waals surface area (Å²) >= 11 is 0. The average Bonchev–Trinajstić information content (AvgIpc) is 2.70. The molecule has 0 aliphatic heterocycles. The molecule has 0 radical (unpaired) electrons. The van der Waals surface area contributed by atoms with E-state index in [4.69, 9.17) is 4.42 Å². The van der Waals surface area contributed by atoms with Crippen LogP contribution in [0.3, 0.4) is 0 Å². The molecule has 18 heavy (non-hydrogen) atoms. The number of aromatic nitrogens is 1. The predicted molar refractivity (Wildman–Crippen MR) is 72.0 cm³/mol. The molecule has 2 N–H and O–H groups in total.